The van der Waals surface area contributed by atoms with E-state index in [4.69, 9.17) is 19.7 Å². The van der Waals surface area contributed by atoms with Gasteiger partial charge in [-0.2, -0.15) is 5.10 Å². The molecule has 0 saturated heterocycles. The summed E-state index contributed by atoms with van der Waals surface area (Å²) in [6, 6.07) is 3.65. The van der Waals surface area contributed by atoms with Gasteiger partial charge >= 0.3 is 17.6 Å². The number of aliphatic carboxylic acids is 2. The van der Waals surface area contributed by atoms with Crippen LogP contribution in [0.3, 0.4) is 0 Å². The van der Waals surface area contributed by atoms with Crippen LogP contribution < -0.4 is 26.0 Å². The Balaban J connectivity index is 0.000000390. The summed E-state index contributed by atoms with van der Waals surface area (Å²) in [5.74, 6) is -1.31. The van der Waals surface area contributed by atoms with E-state index < -0.39 is 23.2 Å². The number of carboxylic acids is 2. The Kier molecular flexibility index (Phi) is 9.59. The molecule has 13 nitrogen and oxygen atoms in total. The van der Waals surface area contributed by atoms with Crippen molar-refractivity contribution in [1.82, 2.24) is 25.1 Å². The van der Waals surface area contributed by atoms with Gasteiger partial charge in [0, 0.05) is 31.4 Å². The lowest BCUT2D eigenvalue weighted by Gasteiger charge is -2.25. The van der Waals surface area contributed by atoms with Crippen molar-refractivity contribution >= 4 is 11.9 Å². The number of carboxylic acid groups (broad SMARTS) is 2. The number of nitrogens with zero attached hydrogens (tertiary/aromatic N) is 3. The van der Waals surface area contributed by atoms with E-state index in [2.05, 4.69) is 20.4 Å². The summed E-state index contributed by atoms with van der Waals surface area (Å²) in [5, 5.41) is 22.7. The van der Waals surface area contributed by atoms with E-state index in [1.165, 1.54) is 4.68 Å². The summed E-state index contributed by atoms with van der Waals surface area (Å²) in [7, 11) is 0. The van der Waals surface area contributed by atoms with Crippen LogP contribution in [0.1, 0.15) is 12.8 Å². The fraction of sp³-hybridized carbons (Fsp3) is 0.368. The Morgan fingerprint density at radius 2 is 2.00 bits per heavy atom. The Morgan fingerprint density at radius 3 is 2.69 bits per heavy atom. The maximum Gasteiger partial charge on any atom is 0.344 e. The third-order valence-corrected chi connectivity index (χ3v) is 3.93. The van der Waals surface area contributed by atoms with E-state index in [1.54, 1.807) is 6.20 Å². The highest BCUT2D eigenvalue weighted by Gasteiger charge is 2.20. The maximum atomic E-state index is 11.5. The molecule has 172 valence electrons. The lowest BCUT2D eigenvalue weighted by atomic mass is 10.3. The number of nitrogens with one attached hydrogen (secondary N) is 2. The zero-order valence-electron chi connectivity index (χ0n) is 17.0. The molecule has 1 atom stereocenters. The molecule has 0 amide bonds. The number of aromatic amines is 1. The summed E-state index contributed by atoms with van der Waals surface area (Å²) in [6.07, 6.45) is 5.49. The topological polar surface area (TPSA) is 186 Å². The first-order valence-electron chi connectivity index (χ1n) is 9.60. The molecular formula is C19H23N5O8. The lowest BCUT2D eigenvalue weighted by molar-refractivity contribution is -0.134. The van der Waals surface area contributed by atoms with Crippen LogP contribution in [0.4, 0.5) is 0 Å². The predicted molar refractivity (Wildman–Crippen MR) is 110 cm³/mol. The molecule has 1 aliphatic heterocycles. The van der Waals surface area contributed by atoms with Crippen LogP contribution in [-0.2, 0) is 16.1 Å². The van der Waals surface area contributed by atoms with Gasteiger partial charge in [0.05, 0.1) is 0 Å². The number of rotatable bonds is 9. The first kappa shape index (κ1) is 24.3. The largest absolute Gasteiger partial charge is 0.480 e. The minimum Gasteiger partial charge on any atom is -0.480 e. The zero-order valence-corrected chi connectivity index (χ0v) is 17.0. The number of fused-ring (bicyclic) bond motifs is 1. The van der Waals surface area contributed by atoms with Gasteiger partial charge in [-0.1, -0.05) is 0 Å². The minimum atomic E-state index is -1.26. The molecule has 3 rings (SSSR count). The van der Waals surface area contributed by atoms with Gasteiger partial charge in [0.15, 0.2) is 5.75 Å². The molecule has 13 heteroatoms. The van der Waals surface area contributed by atoms with Gasteiger partial charge in [0.25, 0.3) is 11.4 Å². The molecule has 1 aliphatic rings. The SMILES string of the molecule is O=C(O)/C=C/C(=O)O.O=c1cnn(CCCCNCC2COc3ncccc3O2)c(=O)[nH]1. The molecule has 3 heterocycles. The van der Waals surface area contributed by atoms with Crippen molar-refractivity contribution in [2.75, 3.05) is 19.7 Å². The highest BCUT2D eigenvalue weighted by atomic mass is 16.6. The van der Waals surface area contributed by atoms with E-state index in [-0.39, 0.29) is 6.10 Å². The highest BCUT2D eigenvalue weighted by Crippen LogP contribution is 2.27. The number of unbranched alkanes of at least 4 members (excludes halogenated alkanes) is 1. The number of carbonyl (C=O) groups is 2. The molecule has 1 unspecified atom stereocenters. The van der Waals surface area contributed by atoms with Crippen LogP contribution in [0.5, 0.6) is 11.6 Å². The van der Waals surface area contributed by atoms with Gasteiger partial charge in [-0.3, -0.25) is 9.78 Å². The predicted octanol–water partition coefficient (Wildman–Crippen LogP) is -0.752. The Bertz CT molecular complexity index is 1030. The molecule has 2 aromatic rings. The molecule has 4 N–H and O–H groups in total. The molecule has 0 spiro atoms. The number of hydrogen-bond donors (Lipinski definition) is 4. The van der Waals surface area contributed by atoms with Crippen molar-refractivity contribution in [2.24, 2.45) is 0 Å². The number of H-pyrrole nitrogens is 1. The monoisotopic (exact) mass is 449 g/mol. The van der Waals surface area contributed by atoms with E-state index in [1.807, 2.05) is 12.1 Å². The van der Waals surface area contributed by atoms with Crippen LogP contribution in [-0.4, -0.2) is 67.7 Å². The second-order valence-corrected chi connectivity index (χ2v) is 6.44. The molecule has 0 aliphatic carbocycles. The Hall–Kier alpha value is -4.00. The number of hydrogen-bond acceptors (Lipinski definition) is 9. The second kappa shape index (κ2) is 12.6. The third kappa shape index (κ3) is 8.79. The van der Waals surface area contributed by atoms with Crippen molar-refractivity contribution in [2.45, 2.75) is 25.5 Å². The fourth-order valence-electron chi connectivity index (χ4n) is 2.51. The molecule has 0 bridgehead atoms. The van der Waals surface area contributed by atoms with Crippen LogP contribution in [0.2, 0.25) is 0 Å². The number of pyridine rings is 1. The van der Waals surface area contributed by atoms with Crippen molar-refractivity contribution < 1.29 is 29.3 Å². The standard InChI is InChI=1S/C15H19N5O4.C4H4O4/c21-13-9-18-20(15(22)19-13)7-2-1-5-16-8-11-10-23-14-12(24-11)4-3-6-17-14;5-3(6)1-2-4(7)8/h3-4,6,9,11,16H,1-2,5,7-8,10H2,(H,19,21,22);1-2H,(H,5,6)(H,7,8)/b;2-1+. The van der Waals surface area contributed by atoms with Crippen molar-refractivity contribution in [1.29, 1.82) is 0 Å². The molecule has 0 aromatic carbocycles. The van der Waals surface area contributed by atoms with Gasteiger partial charge in [0.2, 0.25) is 0 Å². The molecule has 2 aromatic heterocycles. The summed E-state index contributed by atoms with van der Waals surface area (Å²) >= 11 is 0. The van der Waals surface area contributed by atoms with Gasteiger partial charge in [-0.25, -0.2) is 24.0 Å². The Labute approximate surface area is 181 Å². The van der Waals surface area contributed by atoms with Crippen LogP contribution in [0, 0.1) is 0 Å². The van der Waals surface area contributed by atoms with E-state index in [0.717, 1.165) is 25.6 Å². The number of ether oxygens (including phenoxy) is 2. The molecule has 32 heavy (non-hydrogen) atoms. The lowest BCUT2D eigenvalue weighted by Crippen LogP contribution is -2.39. The number of aromatic nitrogens is 4. The summed E-state index contributed by atoms with van der Waals surface area (Å²) < 4.78 is 12.6. The summed E-state index contributed by atoms with van der Waals surface area (Å²) in [5.41, 5.74) is -0.958. The summed E-state index contributed by atoms with van der Waals surface area (Å²) in [4.78, 5) is 47.8. The van der Waals surface area contributed by atoms with Crippen molar-refractivity contribution in [3.05, 3.63) is 57.5 Å². The van der Waals surface area contributed by atoms with Crippen LogP contribution in [0.15, 0.2) is 46.3 Å². The quantitative estimate of drug-likeness (QED) is 0.279. The van der Waals surface area contributed by atoms with Crippen LogP contribution >= 0.6 is 0 Å². The number of aryl methyl sites for hydroxylation is 1. The smallest absolute Gasteiger partial charge is 0.344 e. The molecule has 0 radical (unpaired) electrons. The van der Waals surface area contributed by atoms with Crippen LogP contribution in [0.25, 0.3) is 0 Å². The minimum absolute atomic E-state index is 0.0508. The van der Waals surface area contributed by atoms with E-state index >= 15 is 0 Å². The maximum absolute atomic E-state index is 11.5. The van der Waals surface area contributed by atoms with Gasteiger partial charge in [-0.15, -0.1) is 0 Å². The fourth-order valence-corrected chi connectivity index (χ4v) is 2.51. The van der Waals surface area contributed by atoms with Crippen molar-refractivity contribution in [3.63, 3.8) is 0 Å². The first-order chi connectivity index (χ1) is 15.3. The van der Waals surface area contributed by atoms with Gasteiger partial charge in [0.1, 0.15) is 18.9 Å². The molecule has 0 saturated carbocycles. The van der Waals surface area contributed by atoms with E-state index in [0.29, 0.717) is 43.5 Å². The normalized spacial score (nSPS) is 14.4. The van der Waals surface area contributed by atoms with Gasteiger partial charge in [-0.05, 0) is 31.5 Å². The summed E-state index contributed by atoms with van der Waals surface area (Å²) in [6.45, 7) is 2.40. The second-order valence-electron chi connectivity index (χ2n) is 6.44. The Morgan fingerprint density at radius 1 is 1.25 bits per heavy atom. The molecular weight excluding hydrogens is 426 g/mol. The third-order valence-electron chi connectivity index (χ3n) is 3.93. The average Bonchev–Trinajstić information content (AvgIpc) is 2.76. The van der Waals surface area contributed by atoms with E-state index in [9.17, 15) is 19.2 Å². The molecule has 0 fully saturated rings. The van der Waals surface area contributed by atoms with Crippen molar-refractivity contribution in [3.8, 4) is 11.6 Å². The highest BCUT2D eigenvalue weighted by molar-refractivity contribution is 5.89. The average molecular weight is 449 g/mol. The first-order valence-corrected chi connectivity index (χ1v) is 9.60. The zero-order chi connectivity index (χ0) is 23.3. The van der Waals surface area contributed by atoms with Gasteiger partial charge < -0.3 is 25.0 Å².